The minimum Gasteiger partial charge on any atom is -0.390 e. The van der Waals surface area contributed by atoms with E-state index in [0.29, 0.717) is 24.3 Å². The number of anilines is 1. The van der Waals surface area contributed by atoms with Gasteiger partial charge in [0.05, 0.1) is 34.9 Å². The number of benzene rings is 1. The van der Waals surface area contributed by atoms with Crippen molar-refractivity contribution in [2.24, 2.45) is 13.0 Å². The van der Waals surface area contributed by atoms with Crippen LogP contribution < -0.4 is 5.73 Å². The van der Waals surface area contributed by atoms with E-state index in [1.807, 2.05) is 34.5 Å². The van der Waals surface area contributed by atoms with Crippen LogP contribution in [-0.4, -0.2) is 46.5 Å². The van der Waals surface area contributed by atoms with E-state index in [9.17, 15) is 10.2 Å². The molecule has 0 spiro atoms. The second-order valence-electron chi connectivity index (χ2n) is 7.65. The van der Waals surface area contributed by atoms with Gasteiger partial charge in [-0.25, -0.2) is 15.0 Å². The summed E-state index contributed by atoms with van der Waals surface area (Å²) in [6.45, 7) is 0. The summed E-state index contributed by atoms with van der Waals surface area (Å²) in [6.07, 6.45) is 4.73. The molecule has 1 aliphatic carbocycles. The molecule has 0 unspecified atom stereocenters. The Labute approximate surface area is 161 Å². The third-order valence-electron chi connectivity index (χ3n) is 5.96. The summed E-state index contributed by atoms with van der Waals surface area (Å²) in [5.41, 5.74) is 9.72. The number of rotatable bonds is 3. The Kier molecular flexibility index (Phi) is 3.85. The molecule has 4 N–H and O–H groups in total. The molecule has 0 bridgehead atoms. The SMILES string of the molecule is Cn1cnc2cc(C[C@H]3C[C@@H](n4ccc5c(N)ncnc54)[C@H](O)[C@@H]3O)ccc21. The average molecular weight is 378 g/mol. The lowest BCUT2D eigenvalue weighted by Crippen LogP contribution is -2.30. The molecular weight excluding hydrogens is 356 g/mol. The monoisotopic (exact) mass is 378 g/mol. The quantitative estimate of drug-likeness (QED) is 0.497. The molecule has 1 aromatic carbocycles. The van der Waals surface area contributed by atoms with Crippen molar-refractivity contribution >= 4 is 27.9 Å². The molecular formula is C20H22N6O2. The summed E-state index contributed by atoms with van der Waals surface area (Å²) in [5, 5.41) is 22.2. The summed E-state index contributed by atoms with van der Waals surface area (Å²) >= 11 is 0. The number of fused-ring (bicyclic) bond motifs is 2. The first-order valence-electron chi connectivity index (χ1n) is 9.36. The fourth-order valence-electron chi connectivity index (χ4n) is 4.45. The van der Waals surface area contributed by atoms with Gasteiger partial charge >= 0.3 is 0 Å². The smallest absolute Gasteiger partial charge is 0.145 e. The minimum absolute atomic E-state index is 0.0576. The second-order valence-corrected chi connectivity index (χ2v) is 7.65. The van der Waals surface area contributed by atoms with Crippen LogP contribution in [0.2, 0.25) is 0 Å². The van der Waals surface area contributed by atoms with Gasteiger partial charge in [0.25, 0.3) is 0 Å². The van der Waals surface area contributed by atoms with Gasteiger partial charge in [-0.2, -0.15) is 0 Å². The van der Waals surface area contributed by atoms with Crippen LogP contribution in [0.25, 0.3) is 22.1 Å². The Hall–Kier alpha value is -2.97. The van der Waals surface area contributed by atoms with E-state index in [0.717, 1.165) is 22.0 Å². The third-order valence-corrected chi connectivity index (χ3v) is 5.96. The highest BCUT2D eigenvalue weighted by Gasteiger charge is 2.42. The molecule has 0 amide bonds. The Morgan fingerprint density at radius 1 is 1.14 bits per heavy atom. The van der Waals surface area contributed by atoms with Gasteiger partial charge in [-0.3, -0.25) is 0 Å². The molecule has 1 saturated carbocycles. The van der Waals surface area contributed by atoms with Crippen molar-refractivity contribution in [3.05, 3.63) is 48.7 Å². The van der Waals surface area contributed by atoms with Crippen LogP contribution in [0, 0.1) is 5.92 Å². The number of nitrogens with two attached hydrogens (primary N) is 1. The van der Waals surface area contributed by atoms with Crippen LogP contribution in [0.4, 0.5) is 5.82 Å². The van der Waals surface area contributed by atoms with E-state index >= 15 is 0 Å². The number of aliphatic hydroxyl groups is 2. The highest BCUT2D eigenvalue weighted by molar-refractivity contribution is 5.86. The van der Waals surface area contributed by atoms with Gasteiger partial charge in [0.2, 0.25) is 0 Å². The summed E-state index contributed by atoms with van der Waals surface area (Å²) in [7, 11) is 1.97. The lowest BCUT2D eigenvalue weighted by Gasteiger charge is -2.19. The zero-order chi connectivity index (χ0) is 19.4. The number of imidazole rings is 1. The molecule has 5 rings (SSSR count). The molecule has 1 fully saturated rings. The van der Waals surface area contributed by atoms with Crippen molar-refractivity contribution in [2.45, 2.75) is 31.1 Å². The van der Waals surface area contributed by atoms with E-state index < -0.39 is 12.2 Å². The summed E-state index contributed by atoms with van der Waals surface area (Å²) in [6, 6.07) is 7.76. The summed E-state index contributed by atoms with van der Waals surface area (Å²) < 4.78 is 3.89. The molecule has 4 aromatic rings. The minimum atomic E-state index is -0.865. The van der Waals surface area contributed by atoms with Crippen LogP contribution in [-0.2, 0) is 13.5 Å². The van der Waals surface area contributed by atoms with Crippen LogP contribution in [0.5, 0.6) is 0 Å². The van der Waals surface area contributed by atoms with Crippen molar-refractivity contribution in [1.82, 2.24) is 24.1 Å². The standard InChI is InChI=1S/C20H22N6O2/c1-25-10-24-14-7-11(2-3-15(14)25)6-12-8-16(18(28)17(12)27)26-5-4-13-19(21)22-9-23-20(13)26/h2-5,7,9-10,12,16-18,27-28H,6,8H2,1H3,(H2,21,22,23)/t12-,16+,17+,18-/m0/s1. The molecule has 3 heterocycles. The van der Waals surface area contributed by atoms with Gasteiger partial charge in [-0.15, -0.1) is 0 Å². The van der Waals surface area contributed by atoms with Crippen molar-refractivity contribution in [3.63, 3.8) is 0 Å². The lowest BCUT2D eigenvalue weighted by atomic mass is 9.95. The Bertz CT molecular complexity index is 1170. The van der Waals surface area contributed by atoms with Gasteiger partial charge in [0, 0.05) is 13.2 Å². The number of nitrogens with zero attached hydrogens (tertiary/aromatic N) is 5. The average Bonchev–Trinajstić information content (AvgIpc) is 3.35. The Morgan fingerprint density at radius 2 is 2.00 bits per heavy atom. The summed E-state index contributed by atoms with van der Waals surface area (Å²) in [4.78, 5) is 12.7. The van der Waals surface area contributed by atoms with E-state index in [1.54, 1.807) is 6.33 Å². The van der Waals surface area contributed by atoms with E-state index in [-0.39, 0.29) is 12.0 Å². The molecule has 0 radical (unpaired) electrons. The normalized spacial score (nSPS) is 25.1. The van der Waals surface area contributed by atoms with Gasteiger partial charge in [0.15, 0.2) is 0 Å². The number of aliphatic hydroxyl groups excluding tert-OH is 2. The molecule has 144 valence electrons. The van der Waals surface area contributed by atoms with Crippen LogP contribution >= 0.6 is 0 Å². The Morgan fingerprint density at radius 3 is 2.86 bits per heavy atom. The predicted molar refractivity (Wildman–Crippen MR) is 106 cm³/mol. The van der Waals surface area contributed by atoms with Gasteiger partial charge in [-0.05, 0) is 42.5 Å². The first-order valence-corrected chi connectivity index (χ1v) is 9.36. The number of hydrogen-bond acceptors (Lipinski definition) is 6. The van der Waals surface area contributed by atoms with Crippen molar-refractivity contribution < 1.29 is 10.2 Å². The number of aromatic nitrogens is 5. The molecule has 28 heavy (non-hydrogen) atoms. The van der Waals surface area contributed by atoms with Crippen LogP contribution in [0.1, 0.15) is 18.0 Å². The zero-order valence-electron chi connectivity index (χ0n) is 15.5. The van der Waals surface area contributed by atoms with E-state index in [4.69, 9.17) is 5.73 Å². The highest BCUT2D eigenvalue weighted by Crippen LogP contribution is 2.39. The molecule has 0 saturated heterocycles. The number of hydrogen-bond donors (Lipinski definition) is 3. The maximum absolute atomic E-state index is 10.7. The highest BCUT2D eigenvalue weighted by atomic mass is 16.3. The molecule has 0 aliphatic heterocycles. The van der Waals surface area contributed by atoms with Gasteiger partial charge < -0.3 is 25.1 Å². The van der Waals surface area contributed by atoms with Gasteiger partial charge in [0.1, 0.15) is 23.9 Å². The molecule has 8 heteroatoms. The first-order chi connectivity index (χ1) is 13.5. The third kappa shape index (κ3) is 2.56. The van der Waals surface area contributed by atoms with Gasteiger partial charge in [-0.1, -0.05) is 6.07 Å². The number of aryl methyl sites for hydroxylation is 1. The van der Waals surface area contributed by atoms with Crippen molar-refractivity contribution in [1.29, 1.82) is 0 Å². The maximum atomic E-state index is 10.7. The molecule has 1 aliphatic rings. The number of nitrogen functional groups attached to an aromatic ring is 1. The fraction of sp³-hybridized carbons (Fsp3) is 0.350. The van der Waals surface area contributed by atoms with Crippen molar-refractivity contribution in [3.8, 4) is 0 Å². The van der Waals surface area contributed by atoms with Crippen LogP contribution in [0.15, 0.2) is 43.1 Å². The predicted octanol–water partition coefficient (Wildman–Crippen LogP) is 1.43. The Balaban J connectivity index is 1.43. The van der Waals surface area contributed by atoms with Crippen molar-refractivity contribution in [2.75, 3.05) is 5.73 Å². The lowest BCUT2D eigenvalue weighted by molar-refractivity contribution is 0.00684. The zero-order valence-corrected chi connectivity index (χ0v) is 15.5. The molecule has 3 aromatic heterocycles. The molecule has 4 atom stereocenters. The largest absolute Gasteiger partial charge is 0.390 e. The fourth-order valence-corrected chi connectivity index (χ4v) is 4.45. The maximum Gasteiger partial charge on any atom is 0.145 e. The van der Waals surface area contributed by atoms with E-state index in [1.165, 1.54) is 6.33 Å². The first kappa shape index (κ1) is 17.2. The van der Waals surface area contributed by atoms with E-state index in [2.05, 4.69) is 27.1 Å². The topological polar surface area (TPSA) is 115 Å². The second kappa shape index (κ2) is 6.29. The summed E-state index contributed by atoms with van der Waals surface area (Å²) in [5.74, 6) is 0.356. The van der Waals surface area contributed by atoms with Crippen LogP contribution in [0.3, 0.4) is 0 Å². The molecule has 8 nitrogen and oxygen atoms in total.